The molecule has 0 aliphatic heterocycles. The number of Topliss-reactive ketones (excluding diaryl/α,β-unsaturated/α-hetero) is 2. The third-order valence-corrected chi connectivity index (χ3v) is 5.13. The first-order chi connectivity index (χ1) is 15.4. The van der Waals surface area contributed by atoms with E-state index in [4.69, 9.17) is 10.5 Å². The molecular formula is C24H19FN3O4+. The summed E-state index contributed by atoms with van der Waals surface area (Å²) >= 11 is 0. The van der Waals surface area contributed by atoms with Crippen LogP contribution in [0.15, 0.2) is 83.0 Å². The zero-order valence-electron chi connectivity index (χ0n) is 17.0. The monoisotopic (exact) mass is 432 g/mol. The smallest absolute Gasteiger partial charge is 0.271 e. The van der Waals surface area contributed by atoms with Crippen LogP contribution in [0.5, 0.6) is 5.75 Å². The van der Waals surface area contributed by atoms with E-state index >= 15 is 0 Å². The number of carbonyl (C=O) groups is 2. The van der Waals surface area contributed by atoms with Gasteiger partial charge in [0, 0.05) is 22.8 Å². The van der Waals surface area contributed by atoms with Crippen molar-refractivity contribution in [2.75, 3.05) is 7.11 Å². The number of ether oxygens (including phenoxy) is 1. The number of carbonyl (C=O) groups excluding carboxylic acids is 2. The van der Waals surface area contributed by atoms with Gasteiger partial charge in [0.05, 0.1) is 18.5 Å². The highest BCUT2D eigenvalue weighted by Crippen LogP contribution is 2.32. The van der Waals surface area contributed by atoms with Crippen LogP contribution in [0.2, 0.25) is 0 Å². The zero-order chi connectivity index (χ0) is 22.8. The van der Waals surface area contributed by atoms with E-state index in [1.165, 1.54) is 31.4 Å². The standard InChI is InChI=1S/C24H18FN3O4/c1-32-19-12-14(25)8-11-16(19)13-6-9-15(10-7-13)27-24(28-31)20-21(26)23(30)18-5-3-2-4-17(18)22(20)29/h2-12,31H,26H2,1H3,(H,27,28)/p+1. The predicted octanol–water partition coefficient (Wildman–Crippen LogP) is 2.78. The van der Waals surface area contributed by atoms with Crippen molar-refractivity contribution in [1.82, 2.24) is 0 Å². The molecule has 0 spiro atoms. The van der Waals surface area contributed by atoms with Crippen molar-refractivity contribution in [3.05, 3.63) is 94.9 Å². The van der Waals surface area contributed by atoms with Crippen molar-refractivity contribution < 1.29 is 29.4 Å². The molecule has 0 bridgehead atoms. The Kier molecular flexibility index (Phi) is 5.63. The van der Waals surface area contributed by atoms with Gasteiger partial charge in [-0.15, -0.1) is 0 Å². The first-order valence-electron chi connectivity index (χ1n) is 9.63. The second-order valence-electron chi connectivity index (χ2n) is 7.01. The minimum absolute atomic E-state index is 0.123. The lowest BCUT2D eigenvalue weighted by Crippen LogP contribution is -2.85. The fourth-order valence-electron chi connectivity index (χ4n) is 3.56. The Balaban J connectivity index is 1.71. The summed E-state index contributed by atoms with van der Waals surface area (Å²) in [5.41, 5.74) is 8.46. The molecule has 1 aliphatic carbocycles. The number of hydrogen-bond donors (Lipinski definition) is 3. The molecule has 3 aromatic rings. The van der Waals surface area contributed by atoms with Gasteiger partial charge in [-0.05, 0) is 29.8 Å². The van der Waals surface area contributed by atoms with E-state index in [2.05, 4.69) is 4.99 Å². The predicted molar refractivity (Wildman–Crippen MR) is 116 cm³/mol. The van der Waals surface area contributed by atoms with Gasteiger partial charge >= 0.3 is 0 Å². The average molecular weight is 432 g/mol. The van der Waals surface area contributed by atoms with Gasteiger partial charge < -0.3 is 10.5 Å². The summed E-state index contributed by atoms with van der Waals surface area (Å²) in [7, 11) is 1.46. The van der Waals surface area contributed by atoms with Gasteiger partial charge in [-0.3, -0.25) is 9.59 Å². The molecule has 0 saturated carbocycles. The van der Waals surface area contributed by atoms with Crippen molar-refractivity contribution in [2.24, 2.45) is 10.7 Å². The summed E-state index contributed by atoms with van der Waals surface area (Å²) in [6.07, 6.45) is 0. The van der Waals surface area contributed by atoms with Crippen LogP contribution in [0.3, 0.4) is 0 Å². The number of amidine groups is 1. The molecule has 1 aliphatic rings. The molecule has 0 unspecified atom stereocenters. The van der Waals surface area contributed by atoms with E-state index in [0.29, 0.717) is 22.5 Å². The van der Waals surface area contributed by atoms with E-state index in [1.807, 2.05) is 0 Å². The molecular weight excluding hydrogens is 413 g/mol. The molecule has 0 fully saturated rings. The van der Waals surface area contributed by atoms with E-state index in [1.54, 1.807) is 42.5 Å². The summed E-state index contributed by atoms with van der Waals surface area (Å²) in [6.45, 7) is 0. The highest BCUT2D eigenvalue weighted by atomic mass is 19.1. The second-order valence-corrected chi connectivity index (χ2v) is 7.01. The van der Waals surface area contributed by atoms with Crippen LogP contribution in [0.25, 0.3) is 11.1 Å². The lowest BCUT2D eigenvalue weighted by Gasteiger charge is -2.17. The van der Waals surface area contributed by atoms with Gasteiger partial charge in [-0.25, -0.2) is 9.60 Å². The van der Waals surface area contributed by atoms with E-state index in [-0.39, 0.29) is 28.2 Å². The number of benzene rings is 3. The molecule has 8 heteroatoms. The Labute approximate surface area is 182 Å². The molecule has 160 valence electrons. The molecule has 5 N–H and O–H groups in total. The van der Waals surface area contributed by atoms with Gasteiger partial charge in [0.25, 0.3) is 5.84 Å². The molecule has 7 nitrogen and oxygen atoms in total. The highest BCUT2D eigenvalue weighted by molar-refractivity contribution is 6.35. The number of nitrogens with zero attached hydrogens (tertiary/aromatic N) is 1. The maximum atomic E-state index is 13.5. The molecule has 0 radical (unpaired) electrons. The molecule has 0 aromatic heterocycles. The first-order valence-corrected chi connectivity index (χ1v) is 9.63. The van der Waals surface area contributed by atoms with Gasteiger partial charge in [0.2, 0.25) is 11.6 Å². The number of allylic oxidation sites excluding steroid dienone is 1. The van der Waals surface area contributed by atoms with Gasteiger partial charge in [-0.2, -0.15) is 10.5 Å². The fourth-order valence-corrected chi connectivity index (χ4v) is 3.56. The summed E-state index contributed by atoms with van der Waals surface area (Å²) in [5, 5.41) is 9.78. The number of aliphatic imine (C=N–C) groups is 1. The van der Waals surface area contributed by atoms with Crippen LogP contribution < -0.4 is 16.0 Å². The van der Waals surface area contributed by atoms with Crippen LogP contribution in [0.4, 0.5) is 10.1 Å². The van der Waals surface area contributed by atoms with E-state index in [9.17, 15) is 19.2 Å². The molecule has 4 rings (SSSR count). The molecule has 0 heterocycles. The van der Waals surface area contributed by atoms with E-state index < -0.39 is 17.4 Å². The third-order valence-electron chi connectivity index (χ3n) is 5.13. The Hall–Kier alpha value is -4.14. The number of methoxy groups -OCH3 is 1. The van der Waals surface area contributed by atoms with Crippen LogP contribution in [-0.4, -0.2) is 29.7 Å². The van der Waals surface area contributed by atoms with Crippen molar-refractivity contribution in [3.63, 3.8) is 0 Å². The number of nitrogens with two attached hydrogens (primary N) is 2. The molecule has 32 heavy (non-hydrogen) atoms. The number of quaternary nitrogens is 1. The third kappa shape index (κ3) is 3.68. The Morgan fingerprint density at radius 1 is 0.969 bits per heavy atom. The Bertz CT molecular complexity index is 1300. The lowest BCUT2D eigenvalue weighted by molar-refractivity contribution is -0.801. The normalized spacial score (nSPS) is 13.9. The molecule has 0 atom stereocenters. The Morgan fingerprint density at radius 2 is 1.62 bits per heavy atom. The van der Waals surface area contributed by atoms with Crippen molar-refractivity contribution in [3.8, 4) is 16.9 Å². The fraction of sp³-hybridized carbons (Fsp3) is 0.0417. The van der Waals surface area contributed by atoms with Crippen molar-refractivity contribution in [1.29, 1.82) is 0 Å². The Morgan fingerprint density at radius 3 is 2.25 bits per heavy atom. The summed E-state index contributed by atoms with van der Waals surface area (Å²) in [4.78, 5) is 29.9. The van der Waals surface area contributed by atoms with Crippen LogP contribution in [-0.2, 0) is 0 Å². The number of ketones is 2. The second kappa shape index (κ2) is 8.54. The maximum absolute atomic E-state index is 13.5. The zero-order valence-corrected chi connectivity index (χ0v) is 17.0. The lowest BCUT2D eigenvalue weighted by atomic mass is 9.87. The van der Waals surface area contributed by atoms with Gasteiger partial charge in [0.15, 0.2) is 0 Å². The minimum Gasteiger partial charge on any atom is -0.496 e. The minimum atomic E-state index is -0.497. The largest absolute Gasteiger partial charge is 0.496 e. The average Bonchev–Trinajstić information content (AvgIpc) is 2.82. The van der Waals surface area contributed by atoms with Crippen molar-refractivity contribution >= 4 is 23.1 Å². The first kappa shape index (κ1) is 21.1. The van der Waals surface area contributed by atoms with Crippen LogP contribution in [0, 0.1) is 5.82 Å². The number of rotatable bonds is 4. The number of fused-ring (bicyclic) bond motifs is 1. The van der Waals surface area contributed by atoms with Gasteiger partial charge in [0.1, 0.15) is 17.1 Å². The molecule has 0 amide bonds. The number of hydroxylamine groups is 1. The summed E-state index contributed by atoms with van der Waals surface area (Å²) in [5.74, 6) is -1.14. The van der Waals surface area contributed by atoms with Crippen LogP contribution >= 0.6 is 0 Å². The quantitative estimate of drug-likeness (QED) is 0.333. The van der Waals surface area contributed by atoms with Crippen LogP contribution in [0.1, 0.15) is 20.7 Å². The topological polar surface area (TPSA) is 119 Å². The van der Waals surface area contributed by atoms with Gasteiger partial charge in [-0.1, -0.05) is 36.4 Å². The summed E-state index contributed by atoms with van der Waals surface area (Å²) in [6, 6.07) is 17.4. The number of hydrogen-bond acceptors (Lipinski definition) is 6. The summed E-state index contributed by atoms with van der Waals surface area (Å²) < 4.78 is 18.7. The molecule has 0 saturated heterocycles. The SMILES string of the molecule is COc1cc(F)ccc1-c1ccc(N=C([NH2+]O)C2=C(N)C(=O)c3ccccc3C2=O)cc1. The molecule has 3 aromatic carbocycles. The maximum Gasteiger partial charge on any atom is 0.271 e. The van der Waals surface area contributed by atoms with E-state index in [0.717, 1.165) is 5.56 Å². The highest BCUT2D eigenvalue weighted by Gasteiger charge is 2.35. The van der Waals surface area contributed by atoms with Crippen molar-refractivity contribution in [2.45, 2.75) is 0 Å². The number of halogens is 1.